The molecule has 8 fully saturated rings. The topological polar surface area (TPSA) is 345 Å². The summed E-state index contributed by atoms with van der Waals surface area (Å²) in [5.41, 5.74) is -0.312. The van der Waals surface area contributed by atoms with Gasteiger partial charge in [-0.1, -0.05) is 65.3 Å². The Morgan fingerprint density at radius 1 is 0.689 bits per heavy atom. The van der Waals surface area contributed by atoms with Gasteiger partial charge in [-0.25, -0.2) is 0 Å². The van der Waals surface area contributed by atoms with E-state index < -0.39 is 171 Å². The first-order chi connectivity index (χ1) is 34.7. The largest absolute Gasteiger partial charge is 0.481 e. The Morgan fingerprint density at radius 2 is 1.32 bits per heavy atom. The maximum absolute atomic E-state index is 13.3. The van der Waals surface area contributed by atoms with Crippen molar-refractivity contribution in [2.75, 3.05) is 26.4 Å². The number of aliphatic hydroxyl groups is 12. The van der Waals surface area contributed by atoms with E-state index in [4.69, 9.17) is 33.2 Å². The number of carboxylic acids is 1. The smallest absolute Gasteiger partial charge is 0.310 e. The summed E-state index contributed by atoms with van der Waals surface area (Å²) in [5.74, 6) is -1.80. The summed E-state index contributed by atoms with van der Waals surface area (Å²) in [4.78, 5) is 13.3. The molecule has 3 saturated heterocycles. The highest BCUT2D eigenvalue weighted by molar-refractivity contribution is 5.77. The van der Waals surface area contributed by atoms with E-state index in [1.54, 1.807) is 0 Å². The van der Waals surface area contributed by atoms with E-state index in [1.807, 2.05) is 0 Å². The average Bonchev–Trinajstić information content (AvgIpc) is 3.35. The van der Waals surface area contributed by atoms with Crippen molar-refractivity contribution in [3.8, 4) is 0 Å². The molecule has 3 heterocycles. The number of rotatable bonds is 11. The molecule has 0 bridgehead atoms. The third-order valence-electron chi connectivity index (χ3n) is 21.1. The number of allylic oxidation sites excluding steroid dienone is 3. The lowest BCUT2D eigenvalue weighted by atomic mass is 9.33. The van der Waals surface area contributed by atoms with Crippen LogP contribution >= 0.6 is 0 Å². The third-order valence-corrected chi connectivity index (χ3v) is 21.1. The Balaban J connectivity index is 1.04. The molecule has 21 heteroatoms. The van der Waals surface area contributed by atoms with Crippen LogP contribution in [0.25, 0.3) is 0 Å². The number of fused-ring (bicyclic) bond motifs is 7. The molecule has 0 aromatic carbocycles. The molecule has 3 aliphatic heterocycles. The molecule has 28 atom stereocenters. The third kappa shape index (κ3) is 8.91. The molecule has 13 N–H and O–H groups in total. The van der Waals surface area contributed by atoms with Crippen LogP contribution in [0.4, 0.5) is 0 Å². The molecular weight excluding hydrogens is 973 g/mol. The lowest BCUT2D eigenvalue weighted by Gasteiger charge is -2.71. The highest BCUT2D eigenvalue weighted by atomic mass is 16.8. The van der Waals surface area contributed by atoms with Crippen molar-refractivity contribution in [2.24, 2.45) is 56.7 Å². The molecule has 6 aliphatic carbocycles. The fourth-order valence-electron chi connectivity index (χ4n) is 16.6. The first kappa shape index (κ1) is 56.9. The van der Waals surface area contributed by atoms with Gasteiger partial charge in [0, 0.05) is 18.4 Å². The molecule has 21 nitrogen and oxygen atoms in total. The van der Waals surface area contributed by atoms with Gasteiger partial charge in [0.15, 0.2) is 18.9 Å². The zero-order valence-corrected chi connectivity index (χ0v) is 43.4. The number of carboxylic acid groups (broad SMARTS) is 1. The van der Waals surface area contributed by atoms with E-state index in [-0.39, 0.29) is 40.9 Å². The van der Waals surface area contributed by atoms with Crippen molar-refractivity contribution in [3.05, 3.63) is 23.8 Å². The molecule has 9 aliphatic rings. The fraction of sp³-hybridized carbons (Fsp3) is 0.906. The second-order valence-electron chi connectivity index (χ2n) is 25.0. The van der Waals surface area contributed by atoms with Crippen molar-refractivity contribution < 1.29 is 104 Å². The molecule has 0 unspecified atom stereocenters. The predicted molar refractivity (Wildman–Crippen MR) is 256 cm³/mol. The Labute approximate surface area is 432 Å². The number of hydrogen-bond acceptors (Lipinski definition) is 20. The van der Waals surface area contributed by atoms with Gasteiger partial charge in [-0.15, -0.1) is 0 Å². The van der Waals surface area contributed by atoms with Gasteiger partial charge in [-0.3, -0.25) is 4.79 Å². The van der Waals surface area contributed by atoms with Gasteiger partial charge in [-0.2, -0.15) is 0 Å². The number of aliphatic carboxylic acids is 1. The molecule has 0 amide bonds. The fourth-order valence-corrected chi connectivity index (χ4v) is 16.6. The van der Waals surface area contributed by atoms with Crippen LogP contribution in [0.15, 0.2) is 23.8 Å². The number of carbonyl (C=O) groups is 1. The number of hydrogen-bond donors (Lipinski definition) is 13. The molecule has 9 rings (SSSR count). The molecular formula is C53H84O21. The van der Waals surface area contributed by atoms with Crippen molar-refractivity contribution in [1.29, 1.82) is 0 Å². The SMILES string of the molecule is C=C1CC[C@]2(C(=O)O)CC[C@]3(C)C(=CC[C@@H]4[C@@]5(C)C[C@H](O)[C@H](O[C@@H]6C[C@H](CO)[C@@H](O)[C@H](O[C@@H]7OC[C@@H](O)[C@@H](O)[C@H]7O)[C@H]6O[C@@H]6OC[C@H](O)[C@H](O)[C@H]6O[C@@H]6O[C@H](CO)[C@@H](O)[C@H](O)[C@H]6O)C(C)(C)[C@@H]5CC[C@]43C)[C@@H]2[C@H]1C. The summed E-state index contributed by atoms with van der Waals surface area (Å²) >= 11 is 0. The Hall–Kier alpha value is -1.81. The van der Waals surface area contributed by atoms with E-state index in [9.17, 15) is 71.2 Å². The minimum atomic E-state index is -1.94. The van der Waals surface area contributed by atoms with Crippen LogP contribution in [0, 0.1) is 56.7 Å². The minimum Gasteiger partial charge on any atom is -0.481 e. The quantitative estimate of drug-likeness (QED) is 0.113. The van der Waals surface area contributed by atoms with Crippen molar-refractivity contribution in [2.45, 2.75) is 216 Å². The lowest BCUT2D eigenvalue weighted by Crippen LogP contribution is -2.69. The van der Waals surface area contributed by atoms with Crippen LogP contribution in [-0.2, 0) is 38.0 Å². The summed E-state index contributed by atoms with van der Waals surface area (Å²) < 4.78 is 43.2. The van der Waals surface area contributed by atoms with Gasteiger partial charge in [0.1, 0.15) is 73.2 Å². The second-order valence-corrected chi connectivity index (χ2v) is 25.0. The summed E-state index contributed by atoms with van der Waals surface area (Å²) in [7, 11) is 0. The standard InChI is InChI=1S/C53H84O21/c1-22-10-13-53(48(66)67)15-14-51(6)25(33(53)23(22)2)8-9-32-50(5)17-26(56)44(49(3,4)31(50)11-12-52(32,51)7)70-29-16-24(18-54)34(59)42(73-45-39(64)35(60)27(57)20-68-45)41(29)72-47-43(36(61)28(58)21-69-47)74-46-40(65)38(63)37(62)30(19-55)71-46/h8,23-24,26-47,54-65H,1,9-21H2,2-7H3,(H,66,67)/t23-,24+,26-,27+,28-,29+,30+,31-,32+,33-,34+,35+,36-,37+,38-,39+,40+,41-,42-,43+,44-,45-,46-,47-,50-,51+,52+,53-/m0/s1. The minimum absolute atomic E-state index is 0.0113. The zero-order valence-electron chi connectivity index (χ0n) is 43.4. The number of ether oxygens (including phenoxy) is 7. The molecule has 5 saturated carbocycles. The molecule has 0 spiro atoms. The van der Waals surface area contributed by atoms with Crippen LogP contribution < -0.4 is 0 Å². The molecule has 0 radical (unpaired) electrons. The molecule has 74 heavy (non-hydrogen) atoms. The van der Waals surface area contributed by atoms with E-state index in [2.05, 4.69) is 54.2 Å². The first-order valence-corrected chi connectivity index (χ1v) is 26.9. The monoisotopic (exact) mass is 1060 g/mol. The van der Waals surface area contributed by atoms with Crippen molar-refractivity contribution >= 4 is 5.97 Å². The van der Waals surface area contributed by atoms with E-state index in [0.29, 0.717) is 32.1 Å². The van der Waals surface area contributed by atoms with Gasteiger partial charge < -0.3 is 99.5 Å². The highest BCUT2D eigenvalue weighted by Gasteiger charge is 2.71. The Bertz CT molecular complexity index is 2070. The van der Waals surface area contributed by atoms with E-state index in [0.717, 1.165) is 24.8 Å². The highest BCUT2D eigenvalue weighted by Crippen LogP contribution is 2.76. The predicted octanol–water partition coefficient (Wildman–Crippen LogP) is -0.781. The normalized spacial score (nSPS) is 54.5. The lowest BCUT2D eigenvalue weighted by molar-refractivity contribution is -0.378. The van der Waals surface area contributed by atoms with E-state index >= 15 is 0 Å². The van der Waals surface area contributed by atoms with Gasteiger partial charge in [-0.05, 0) is 97.2 Å². The average molecular weight is 1060 g/mol. The molecule has 422 valence electrons. The maximum Gasteiger partial charge on any atom is 0.310 e. The Morgan fingerprint density at radius 3 is 1.99 bits per heavy atom. The van der Waals surface area contributed by atoms with Gasteiger partial charge in [0.05, 0.1) is 49.7 Å². The van der Waals surface area contributed by atoms with Gasteiger partial charge in [0.2, 0.25) is 0 Å². The van der Waals surface area contributed by atoms with Crippen molar-refractivity contribution in [1.82, 2.24) is 0 Å². The van der Waals surface area contributed by atoms with Crippen molar-refractivity contribution in [3.63, 3.8) is 0 Å². The van der Waals surface area contributed by atoms with Crippen LogP contribution in [0.5, 0.6) is 0 Å². The molecule has 0 aromatic rings. The molecule has 0 aromatic heterocycles. The van der Waals surface area contributed by atoms with Crippen LogP contribution in [0.2, 0.25) is 0 Å². The summed E-state index contributed by atoms with van der Waals surface area (Å²) in [6.45, 7) is 15.3. The van der Waals surface area contributed by atoms with Crippen LogP contribution in [-0.4, -0.2) is 215 Å². The zero-order chi connectivity index (χ0) is 53.9. The first-order valence-electron chi connectivity index (χ1n) is 26.9. The van der Waals surface area contributed by atoms with Gasteiger partial charge in [0.25, 0.3) is 0 Å². The maximum atomic E-state index is 13.3. The second kappa shape index (κ2) is 20.7. The summed E-state index contributed by atoms with van der Waals surface area (Å²) in [6.07, 6.45) is -22.9. The summed E-state index contributed by atoms with van der Waals surface area (Å²) in [5, 5.41) is 143. The number of aliphatic hydroxyl groups excluding tert-OH is 12. The van der Waals surface area contributed by atoms with E-state index in [1.165, 1.54) is 5.57 Å². The Kier molecular flexibility index (Phi) is 15.9. The van der Waals surface area contributed by atoms with Crippen LogP contribution in [0.1, 0.15) is 99.3 Å². The van der Waals surface area contributed by atoms with Gasteiger partial charge >= 0.3 is 5.97 Å². The summed E-state index contributed by atoms with van der Waals surface area (Å²) in [6, 6.07) is 0. The van der Waals surface area contributed by atoms with Crippen LogP contribution in [0.3, 0.4) is 0 Å².